The molecule has 6 nitrogen and oxygen atoms in total. The number of hydrogen-bond donors (Lipinski definition) is 2. The van der Waals surface area contributed by atoms with Crippen LogP contribution < -0.4 is 10.6 Å². The minimum absolute atomic E-state index is 0. The van der Waals surface area contributed by atoms with Crippen molar-refractivity contribution in [3.63, 3.8) is 0 Å². The number of nitrogens with one attached hydrogen (secondary N) is 2. The zero-order valence-corrected chi connectivity index (χ0v) is 18.5. The largest absolute Gasteiger partial charge is 0.356 e. The van der Waals surface area contributed by atoms with Crippen LogP contribution in [0.1, 0.15) is 18.5 Å². The molecule has 0 spiro atoms. The maximum absolute atomic E-state index is 12.2. The number of aromatic nitrogens is 1. The van der Waals surface area contributed by atoms with E-state index >= 15 is 0 Å². The molecule has 8 heteroatoms. The van der Waals surface area contributed by atoms with Crippen molar-refractivity contribution in [2.45, 2.75) is 19.3 Å². The zero-order chi connectivity index (χ0) is 17.6. The highest BCUT2D eigenvalue weighted by Crippen LogP contribution is 1.98. The Bertz CT molecular complexity index is 501. The molecule has 0 saturated heterocycles. The van der Waals surface area contributed by atoms with Crippen molar-refractivity contribution in [3.8, 4) is 0 Å². The minimum atomic E-state index is 0. The molecule has 0 aliphatic heterocycles. The first kappa shape index (κ1) is 24.0. The van der Waals surface area contributed by atoms with Gasteiger partial charge in [0.05, 0.1) is 6.54 Å². The van der Waals surface area contributed by atoms with Gasteiger partial charge in [0.25, 0.3) is 0 Å². The summed E-state index contributed by atoms with van der Waals surface area (Å²) in [5, 5.41) is 6.30. The summed E-state index contributed by atoms with van der Waals surface area (Å²) in [6.45, 7) is 1.76. The van der Waals surface area contributed by atoms with Gasteiger partial charge in [0.15, 0.2) is 5.96 Å². The number of carbonyl (C=O) groups is 1. The van der Waals surface area contributed by atoms with Gasteiger partial charge in [0.1, 0.15) is 0 Å². The molecule has 25 heavy (non-hydrogen) atoms. The molecule has 0 atom stereocenters. The van der Waals surface area contributed by atoms with Crippen LogP contribution in [-0.4, -0.2) is 67.5 Å². The summed E-state index contributed by atoms with van der Waals surface area (Å²) in [5.41, 5.74) is 0.993. The normalized spacial score (nSPS) is 10.8. The fourth-order valence-electron chi connectivity index (χ4n) is 2.05. The molecular formula is C17H30IN5OS. The Kier molecular flexibility index (Phi) is 14.6. The van der Waals surface area contributed by atoms with Crippen molar-refractivity contribution < 1.29 is 4.79 Å². The van der Waals surface area contributed by atoms with E-state index in [1.807, 2.05) is 37.0 Å². The van der Waals surface area contributed by atoms with Crippen LogP contribution in [0, 0.1) is 0 Å². The number of guanidine groups is 1. The molecule has 142 valence electrons. The highest BCUT2D eigenvalue weighted by atomic mass is 127. The van der Waals surface area contributed by atoms with Crippen LogP contribution in [0.15, 0.2) is 29.4 Å². The van der Waals surface area contributed by atoms with E-state index in [-0.39, 0.29) is 36.4 Å². The Morgan fingerprint density at radius 3 is 2.76 bits per heavy atom. The standard InChI is InChI=1S/C17H29N5OS.HI/c1-18-17(20-11-6-7-13-24-3)21-14-16(23)22(2)12-9-15-8-4-5-10-19-15;/h4-5,8,10H,6-7,9,11-14H2,1-3H3,(H2,18,20,21);1H. The van der Waals surface area contributed by atoms with Gasteiger partial charge in [-0.15, -0.1) is 24.0 Å². The fraction of sp³-hybridized carbons (Fsp3) is 0.588. The maximum Gasteiger partial charge on any atom is 0.241 e. The minimum Gasteiger partial charge on any atom is -0.356 e. The maximum atomic E-state index is 12.2. The zero-order valence-electron chi connectivity index (χ0n) is 15.3. The first-order valence-corrected chi connectivity index (χ1v) is 9.64. The van der Waals surface area contributed by atoms with Gasteiger partial charge in [0.2, 0.25) is 5.91 Å². The Hall–Kier alpha value is -1.03. The van der Waals surface area contributed by atoms with E-state index in [2.05, 4.69) is 26.9 Å². The van der Waals surface area contributed by atoms with Crippen molar-refractivity contribution in [1.29, 1.82) is 0 Å². The van der Waals surface area contributed by atoms with Crippen LogP contribution in [0.4, 0.5) is 0 Å². The van der Waals surface area contributed by atoms with Crippen LogP contribution in [0.5, 0.6) is 0 Å². The van der Waals surface area contributed by atoms with Gasteiger partial charge >= 0.3 is 0 Å². The number of halogens is 1. The summed E-state index contributed by atoms with van der Waals surface area (Å²) in [4.78, 5) is 22.3. The summed E-state index contributed by atoms with van der Waals surface area (Å²) in [6.07, 6.45) is 6.92. The molecular weight excluding hydrogens is 449 g/mol. The molecule has 0 fully saturated rings. The molecule has 0 aliphatic carbocycles. The quantitative estimate of drug-likeness (QED) is 0.233. The van der Waals surface area contributed by atoms with E-state index in [4.69, 9.17) is 0 Å². The number of aliphatic imine (C=N–C) groups is 1. The van der Waals surface area contributed by atoms with Crippen LogP contribution in [0.25, 0.3) is 0 Å². The molecule has 0 radical (unpaired) electrons. The number of pyridine rings is 1. The van der Waals surface area contributed by atoms with Gasteiger partial charge in [-0.1, -0.05) is 6.07 Å². The molecule has 1 aromatic heterocycles. The van der Waals surface area contributed by atoms with E-state index in [1.165, 1.54) is 12.2 Å². The van der Waals surface area contributed by atoms with Crippen LogP contribution in [0.2, 0.25) is 0 Å². The van der Waals surface area contributed by atoms with Gasteiger partial charge in [-0.05, 0) is 37.0 Å². The molecule has 2 N–H and O–H groups in total. The van der Waals surface area contributed by atoms with E-state index in [0.29, 0.717) is 12.5 Å². The smallest absolute Gasteiger partial charge is 0.241 e. The Labute approximate surface area is 172 Å². The predicted molar refractivity (Wildman–Crippen MR) is 118 cm³/mol. The second kappa shape index (κ2) is 15.2. The SMILES string of the molecule is CN=C(NCCCCSC)NCC(=O)N(C)CCc1ccccn1.I. The molecule has 0 aliphatic rings. The van der Waals surface area contributed by atoms with E-state index in [1.54, 1.807) is 18.1 Å². The Morgan fingerprint density at radius 1 is 1.32 bits per heavy atom. The highest BCUT2D eigenvalue weighted by Gasteiger charge is 2.09. The van der Waals surface area contributed by atoms with Gasteiger partial charge in [-0.25, -0.2) is 0 Å². The highest BCUT2D eigenvalue weighted by molar-refractivity contribution is 14.0. The lowest BCUT2D eigenvalue weighted by Crippen LogP contribution is -2.44. The molecule has 0 unspecified atom stereocenters. The van der Waals surface area contributed by atoms with E-state index < -0.39 is 0 Å². The number of thioether (sulfide) groups is 1. The van der Waals surface area contributed by atoms with E-state index in [9.17, 15) is 4.79 Å². The molecule has 0 bridgehead atoms. The monoisotopic (exact) mass is 479 g/mol. The predicted octanol–water partition coefficient (Wildman–Crippen LogP) is 2.01. The third-order valence-corrected chi connectivity index (χ3v) is 4.25. The van der Waals surface area contributed by atoms with Gasteiger partial charge in [0, 0.05) is 45.5 Å². The molecule has 0 aromatic carbocycles. The fourth-order valence-corrected chi connectivity index (χ4v) is 2.54. The number of rotatable bonds is 10. The third kappa shape index (κ3) is 11.2. The van der Waals surface area contributed by atoms with Crippen LogP contribution >= 0.6 is 35.7 Å². The molecule has 1 aromatic rings. The van der Waals surface area contributed by atoms with Crippen molar-refractivity contribution >= 4 is 47.6 Å². The molecule has 1 amide bonds. The first-order valence-electron chi connectivity index (χ1n) is 8.24. The Balaban J connectivity index is 0.00000576. The average Bonchev–Trinajstić information content (AvgIpc) is 2.62. The lowest BCUT2D eigenvalue weighted by atomic mass is 10.2. The molecule has 1 heterocycles. The van der Waals surface area contributed by atoms with E-state index in [0.717, 1.165) is 25.1 Å². The number of hydrogen-bond acceptors (Lipinski definition) is 4. The summed E-state index contributed by atoms with van der Waals surface area (Å²) in [5.74, 6) is 1.88. The average molecular weight is 479 g/mol. The van der Waals surface area contributed by atoms with Crippen molar-refractivity contribution in [2.75, 3.05) is 45.7 Å². The van der Waals surface area contributed by atoms with Crippen molar-refractivity contribution in [1.82, 2.24) is 20.5 Å². The summed E-state index contributed by atoms with van der Waals surface area (Å²) >= 11 is 1.86. The van der Waals surface area contributed by atoms with Crippen molar-refractivity contribution in [3.05, 3.63) is 30.1 Å². The second-order valence-electron chi connectivity index (χ2n) is 5.44. The third-order valence-electron chi connectivity index (χ3n) is 3.55. The van der Waals surface area contributed by atoms with Crippen LogP contribution in [0.3, 0.4) is 0 Å². The lowest BCUT2D eigenvalue weighted by molar-refractivity contribution is -0.128. The topological polar surface area (TPSA) is 69.6 Å². The lowest BCUT2D eigenvalue weighted by Gasteiger charge is -2.18. The Morgan fingerprint density at radius 2 is 2.12 bits per heavy atom. The summed E-state index contributed by atoms with van der Waals surface area (Å²) in [6, 6.07) is 5.82. The van der Waals surface area contributed by atoms with Crippen molar-refractivity contribution in [2.24, 2.45) is 4.99 Å². The van der Waals surface area contributed by atoms with Gasteiger partial charge in [-0.2, -0.15) is 11.8 Å². The second-order valence-corrected chi connectivity index (χ2v) is 6.42. The number of amides is 1. The number of nitrogens with zero attached hydrogens (tertiary/aromatic N) is 3. The summed E-state index contributed by atoms with van der Waals surface area (Å²) in [7, 11) is 3.53. The van der Waals surface area contributed by atoms with Gasteiger partial charge < -0.3 is 15.5 Å². The number of carbonyl (C=O) groups excluding carboxylic acids is 1. The molecule has 0 saturated carbocycles. The number of unbranched alkanes of at least 4 members (excludes halogenated alkanes) is 1. The number of likely N-dealkylation sites (N-methyl/N-ethyl adjacent to an activating group) is 1. The molecule has 1 rings (SSSR count). The van der Waals surface area contributed by atoms with Crippen LogP contribution in [-0.2, 0) is 11.2 Å². The summed E-state index contributed by atoms with van der Waals surface area (Å²) < 4.78 is 0. The first-order chi connectivity index (χ1) is 11.7. The van der Waals surface area contributed by atoms with Gasteiger partial charge in [-0.3, -0.25) is 14.8 Å².